The van der Waals surface area contributed by atoms with Gasteiger partial charge in [-0.1, -0.05) is 26.8 Å². The second-order valence-electron chi connectivity index (χ2n) is 5.85. The van der Waals surface area contributed by atoms with Crippen LogP contribution in [0.25, 0.3) is 0 Å². The van der Waals surface area contributed by atoms with Crippen LogP contribution in [-0.2, 0) is 5.41 Å². The molecular formula is C15H18FN3O. The highest BCUT2D eigenvalue weighted by Gasteiger charge is 2.18. The molecule has 2 rings (SSSR count). The van der Waals surface area contributed by atoms with E-state index < -0.39 is 11.7 Å². The summed E-state index contributed by atoms with van der Waals surface area (Å²) < 4.78 is 13.7. The van der Waals surface area contributed by atoms with Crippen LogP contribution in [0.4, 0.5) is 10.2 Å². The Hall–Kier alpha value is -2.17. The number of rotatable bonds is 2. The third-order valence-corrected chi connectivity index (χ3v) is 3.00. The normalized spacial score (nSPS) is 11.4. The number of amides is 1. The molecule has 1 heterocycles. The number of benzene rings is 1. The molecule has 0 aliphatic rings. The zero-order valence-electron chi connectivity index (χ0n) is 12.0. The van der Waals surface area contributed by atoms with Crippen molar-refractivity contribution in [3.05, 3.63) is 46.9 Å². The predicted molar refractivity (Wildman–Crippen MR) is 76.4 cm³/mol. The Morgan fingerprint density at radius 1 is 1.30 bits per heavy atom. The predicted octanol–water partition coefficient (Wildman–Crippen LogP) is 3.41. The van der Waals surface area contributed by atoms with E-state index in [0.717, 1.165) is 11.3 Å². The molecule has 0 saturated heterocycles. The largest absolute Gasteiger partial charge is 0.305 e. The zero-order chi connectivity index (χ0) is 14.9. The lowest BCUT2D eigenvalue weighted by Gasteiger charge is -2.14. The number of carbonyl (C=O) groups excluding carboxylic acids is 1. The number of aromatic amines is 1. The first-order valence-electron chi connectivity index (χ1n) is 6.41. The summed E-state index contributed by atoms with van der Waals surface area (Å²) in [7, 11) is 0. The first-order chi connectivity index (χ1) is 9.27. The lowest BCUT2D eigenvalue weighted by molar-refractivity contribution is 0.102. The van der Waals surface area contributed by atoms with Crippen LogP contribution in [0.15, 0.2) is 24.3 Å². The van der Waals surface area contributed by atoms with Gasteiger partial charge in [-0.15, -0.1) is 0 Å². The maximum Gasteiger partial charge on any atom is 0.259 e. The molecule has 2 aromatic rings. The van der Waals surface area contributed by atoms with Crippen molar-refractivity contribution in [2.45, 2.75) is 33.1 Å². The molecule has 20 heavy (non-hydrogen) atoms. The smallest absolute Gasteiger partial charge is 0.259 e. The Morgan fingerprint density at radius 3 is 2.55 bits per heavy atom. The molecule has 1 aromatic heterocycles. The Balaban J connectivity index is 2.17. The van der Waals surface area contributed by atoms with E-state index in [1.807, 2.05) is 20.8 Å². The van der Waals surface area contributed by atoms with Crippen molar-refractivity contribution in [2.24, 2.45) is 0 Å². The molecule has 0 spiro atoms. The highest BCUT2D eigenvalue weighted by Crippen LogP contribution is 2.22. The molecule has 0 aliphatic carbocycles. The average Bonchev–Trinajstić information content (AvgIpc) is 2.76. The molecule has 0 aliphatic heterocycles. The minimum absolute atomic E-state index is 0.0101. The number of carbonyl (C=O) groups is 1. The average molecular weight is 275 g/mol. The van der Waals surface area contributed by atoms with Crippen LogP contribution < -0.4 is 5.32 Å². The summed E-state index contributed by atoms with van der Waals surface area (Å²) in [5.74, 6) is -0.650. The van der Waals surface area contributed by atoms with Crippen molar-refractivity contribution in [1.29, 1.82) is 0 Å². The third-order valence-electron chi connectivity index (χ3n) is 3.00. The molecule has 4 nitrogen and oxygen atoms in total. The van der Waals surface area contributed by atoms with Gasteiger partial charge < -0.3 is 5.32 Å². The number of anilines is 1. The molecule has 2 N–H and O–H groups in total. The summed E-state index contributed by atoms with van der Waals surface area (Å²) in [5.41, 5.74) is 1.59. The first-order valence-corrected chi connectivity index (χ1v) is 6.41. The van der Waals surface area contributed by atoms with Crippen molar-refractivity contribution in [3.8, 4) is 0 Å². The Morgan fingerprint density at radius 2 is 2.00 bits per heavy atom. The SMILES string of the molecule is Cc1ccc(C(=O)Nc2cc(C(C)(C)C)[nH]n2)c(F)c1. The molecule has 0 radical (unpaired) electrons. The van der Waals surface area contributed by atoms with Gasteiger partial charge in [0.2, 0.25) is 0 Å². The quantitative estimate of drug-likeness (QED) is 0.882. The number of halogens is 1. The fourth-order valence-corrected chi connectivity index (χ4v) is 1.76. The third kappa shape index (κ3) is 3.04. The number of hydrogen-bond donors (Lipinski definition) is 2. The highest BCUT2D eigenvalue weighted by atomic mass is 19.1. The van der Waals surface area contributed by atoms with E-state index in [-0.39, 0.29) is 11.0 Å². The highest BCUT2D eigenvalue weighted by molar-refractivity contribution is 6.04. The van der Waals surface area contributed by atoms with Crippen LogP contribution in [0.5, 0.6) is 0 Å². The van der Waals surface area contributed by atoms with Crippen LogP contribution >= 0.6 is 0 Å². The fourth-order valence-electron chi connectivity index (χ4n) is 1.76. The monoisotopic (exact) mass is 275 g/mol. The van der Waals surface area contributed by atoms with Crippen LogP contribution in [0.3, 0.4) is 0 Å². The van der Waals surface area contributed by atoms with E-state index in [4.69, 9.17) is 0 Å². The number of nitrogens with one attached hydrogen (secondary N) is 2. The maximum absolute atomic E-state index is 13.7. The Bertz CT molecular complexity index is 641. The van der Waals surface area contributed by atoms with Gasteiger partial charge in [0, 0.05) is 17.2 Å². The lowest BCUT2D eigenvalue weighted by atomic mass is 9.92. The number of aromatic nitrogens is 2. The Labute approximate surface area is 117 Å². The van der Waals surface area contributed by atoms with Crippen molar-refractivity contribution < 1.29 is 9.18 Å². The molecule has 106 valence electrons. The van der Waals surface area contributed by atoms with Gasteiger partial charge in [0.1, 0.15) is 5.82 Å². The fraction of sp³-hybridized carbons (Fsp3) is 0.333. The number of hydrogen-bond acceptors (Lipinski definition) is 2. The zero-order valence-corrected chi connectivity index (χ0v) is 12.0. The summed E-state index contributed by atoms with van der Waals surface area (Å²) in [4.78, 5) is 12.0. The molecule has 0 fully saturated rings. The van der Waals surface area contributed by atoms with E-state index in [1.165, 1.54) is 12.1 Å². The summed E-state index contributed by atoms with van der Waals surface area (Å²) in [6, 6.07) is 6.25. The first kappa shape index (κ1) is 14.2. The van der Waals surface area contributed by atoms with Crippen molar-refractivity contribution in [2.75, 3.05) is 5.32 Å². The summed E-state index contributed by atoms with van der Waals surface area (Å²) in [6.07, 6.45) is 0. The minimum atomic E-state index is -0.533. The van der Waals surface area contributed by atoms with Gasteiger partial charge in [0.25, 0.3) is 5.91 Å². The molecule has 0 bridgehead atoms. The van der Waals surface area contributed by atoms with Gasteiger partial charge in [-0.05, 0) is 24.6 Å². The van der Waals surface area contributed by atoms with E-state index in [9.17, 15) is 9.18 Å². The molecule has 0 atom stereocenters. The van der Waals surface area contributed by atoms with Gasteiger partial charge in [-0.3, -0.25) is 9.89 Å². The van der Waals surface area contributed by atoms with Crippen LogP contribution in [0, 0.1) is 12.7 Å². The maximum atomic E-state index is 13.7. The molecule has 1 amide bonds. The van der Waals surface area contributed by atoms with Gasteiger partial charge in [-0.2, -0.15) is 5.10 Å². The van der Waals surface area contributed by atoms with Gasteiger partial charge in [0.05, 0.1) is 5.56 Å². The number of H-pyrrole nitrogens is 1. The van der Waals surface area contributed by atoms with E-state index >= 15 is 0 Å². The Kier molecular flexibility index (Phi) is 3.61. The standard InChI is InChI=1S/C15H18FN3O/c1-9-5-6-10(11(16)7-9)14(20)17-13-8-12(18-19-13)15(2,3)4/h5-8H,1-4H3,(H2,17,18,19,20). The summed E-state index contributed by atoms with van der Waals surface area (Å²) in [5, 5.41) is 9.47. The number of nitrogens with zero attached hydrogens (tertiary/aromatic N) is 1. The molecule has 0 unspecified atom stereocenters. The molecule has 5 heteroatoms. The molecule has 0 saturated carbocycles. The van der Waals surface area contributed by atoms with E-state index in [2.05, 4.69) is 15.5 Å². The lowest BCUT2D eigenvalue weighted by Crippen LogP contribution is -2.14. The van der Waals surface area contributed by atoms with Crippen LogP contribution in [-0.4, -0.2) is 16.1 Å². The molecular weight excluding hydrogens is 257 g/mol. The van der Waals surface area contributed by atoms with Crippen LogP contribution in [0.1, 0.15) is 42.4 Å². The summed E-state index contributed by atoms with van der Waals surface area (Å²) in [6.45, 7) is 7.87. The second kappa shape index (κ2) is 5.07. The van der Waals surface area contributed by atoms with Crippen molar-refractivity contribution in [1.82, 2.24) is 10.2 Å². The van der Waals surface area contributed by atoms with Crippen molar-refractivity contribution in [3.63, 3.8) is 0 Å². The minimum Gasteiger partial charge on any atom is -0.305 e. The van der Waals surface area contributed by atoms with Gasteiger partial charge >= 0.3 is 0 Å². The second-order valence-corrected chi connectivity index (χ2v) is 5.85. The topological polar surface area (TPSA) is 57.8 Å². The van der Waals surface area contributed by atoms with Gasteiger partial charge in [0.15, 0.2) is 5.82 Å². The van der Waals surface area contributed by atoms with E-state index in [0.29, 0.717) is 5.82 Å². The van der Waals surface area contributed by atoms with E-state index in [1.54, 1.807) is 19.1 Å². The van der Waals surface area contributed by atoms with Crippen molar-refractivity contribution >= 4 is 11.7 Å². The number of aryl methyl sites for hydroxylation is 1. The van der Waals surface area contributed by atoms with Gasteiger partial charge in [-0.25, -0.2) is 4.39 Å². The van der Waals surface area contributed by atoms with Crippen LogP contribution in [0.2, 0.25) is 0 Å². The molecule has 1 aromatic carbocycles. The summed E-state index contributed by atoms with van der Waals surface area (Å²) >= 11 is 0.